The van der Waals surface area contributed by atoms with Crippen molar-refractivity contribution in [3.63, 3.8) is 0 Å². The van der Waals surface area contributed by atoms with Crippen molar-refractivity contribution in [1.29, 1.82) is 0 Å². The number of hydroxylamine groups is 2. The highest BCUT2D eigenvalue weighted by molar-refractivity contribution is 5.91. The number of carbonyl (C=O) groups excluding carboxylic acids is 2. The van der Waals surface area contributed by atoms with Crippen LogP contribution in [0, 0.1) is 0 Å². The van der Waals surface area contributed by atoms with Gasteiger partial charge in [-0.25, -0.2) is 9.59 Å². The van der Waals surface area contributed by atoms with Crippen LogP contribution in [-0.4, -0.2) is 46.5 Å². The Balaban J connectivity index is 2.03. The Bertz CT molecular complexity index is 902. The summed E-state index contributed by atoms with van der Waals surface area (Å²) in [6.07, 6.45) is 1.24. The highest BCUT2D eigenvalue weighted by atomic mass is 16.7. The molecule has 164 valence electrons. The zero-order chi connectivity index (χ0) is 22.6. The number of nitrogens with two attached hydrogens (primary N) is 1. The molecule has 2 rings (SSSR count). The Hall–Kier alpha value is -3.72. The quantitative estimate of drug-likeness (QED) is 0.205. The summed E-state index contributed by atoms with van der Waals surface area (Å²) in [6, 6.07) is 15.8. The van der Waals surface area contributed by atoms with Gasteiger partial charge in [0.05, 0.1) is 17.7 Å². The van der Waals surface area contributed by atoms with E-state index in [1.54, 1.807) is 60.7 Å². The van der Waals surface area contributed by atoms with E-state index >= 15 is 0 Å². The van der Waals surface area contributed by atoms with Crippen molar-refractivity contribution in [1.82, 2.24) is 5.06 Å². The lowest BCUT2D eigenvalue weighted by atomic mass is 10.1. The monoisotopic (exact) mass is 427 g/mol. The number of amidine groups is 1. The van der Waals surface area contributed by atoms with Gasteiger partial charge in [-0.15, -0.1) is 0 Å². The molecule has 0 aliphatic heterocycles. The molecule has 0 saturated heterocycles. The Morgan fingerprint density at radius 1 is 0.968 bits per heavy atom. The smallest absolute Gasteiger partial charge is 0.365 e. The van der Waals surface area contributed by atoms with E-state index in [9.17, 15) is 14.4 Å². The topological polar surface area (TPSA) is 132 Å². The first kappa shape index (κ1) is 23.6. The van der Waals surface area contributed by atoms with Crippen molar-refractivity contribution in [2.24, 2.45) is 10.9 Å². The number of carboxylic acid groups (broad SMARTS) is 1. The van der Waals surface area contributed by atoms with Crippen molar-refractivity contribution in [2.75, 3.05) is 6.54 Å². The first-order valence-corrected chi connectivity index (χ1v) is 9.72. The molecule has 0 unspecified atom stereocenters. The van der Waals surface area contributed by atoms with E-state index in [0.29, 0.717) is 24.0 Å². The number of oxime groups is 1. The molecule has 9 heteroatoms. The lowest BCUT2D eigenvalue weighted by Gasteiger charge is -2.22. The maximum atomic E-state index is 12.4. The summed E-state index contributed by atoms with van der Waals surface area (Å²) in [6.45, 7) is 1.74. The first-order chi connectivity index (χ1) is 14.9. The summed E-state index contributed by atoms with van der Waals surface area (Å²) in [5.74, 6) is -2.18. The minimum atomic E-state index is -1.07. The molecule has 0 amide bonds. The molecule has 0 heterocycles. The van der Waals surface area contributed by atoms with E-state index in [1.807, 2.05) is 0 Å². The van der Waals surface area contributed by atoms with E-state index in [1.165, 1.54) is 12.0 Å². The van der Waals surface area contributed by atoms with E-state index in [2.05, 4.69) is 5.16 Å². The predicted octanol–water partition coefficient (Wildman–Crippen LogP) is 2.83. The van der Waals surface area contributed by atoms with Gasteiger partial charge in [-0.1, -0.05) is 41.6 Å². The van der Waals surface area contributed by atoms with E-state index in [0.717, 1.165) is 0 Å². The lowest BCUT2D eigenvalue weighted by molar-refractivity contribution is -0.138. The third kappa shape index (κ3) is 7.90. The number of hydrogen-bond donors (Lipinski definition) is 2. The molecular formula is C22H25N3O6. The number of carboxylic acids is 1. The van der Waals surface area contributed by atoms with Gasteiger partial charge < -0.3 is 20.5 Å². The molecule has 0 radical (unpaired) electrons. The Morgan fingerprint density at radius 2 is 1.52 bits per heavy atom. The molecule has 31 heavy (non-hydrogen) atoms. The van der Waals surface area contributed by atoms with Gasteiger partial charge in [0.15, 0.2) is 5.84 Å². The number of rotatable bonds is 9. The van der Waals surface area contributed by atoms with Gasteiger partial charge in [-0.3, -0.25) is 4.79 Å². The zero-order valence-electron chi connectivity index (χ0n) is 17.1. The van der Waals surface area contributed by atoms with Crippen LogP contribution in [0.5, 0.6) is 0 Å². The van der Waals surface area contributed by atoms with Crippen molar-refractivity contribution in [3.8, 4) is 0 Å². The molecule has 0 fully saturated rings. The van der Waals surface area contributed by atoms with Crippen molar-refractivity contribution in [3.05, 3.63) is 71.8 Å². The summed E-state index contributed by atoms with van der Waals surface area (Å²) in [4.78, 5) is 45.7. The average molecular weight is 427 g/mol. The minimum Gasteiger partial charge on any atom is -0.480 e. The third-order valence-electron chi connectivity index (χ3n) is 4.28. The molecule has 0 spiro atoms. The number of nitrogens with zero attached hydrogens (tertiary/aromatic N) is 2. The summed E-state index contributed by atoms with van der Waals surface area (Å²) in [5, 5.41) is 13.9. The van der Waals surface area contributed by atoms with Gasteiger partial charge in [-0.05, 0) is 43.5 Å². The van der Waals surface area contributed by atoms with Crippen LogP contribution in [0.25, 0.3) is 0 Å². The van der Waals surface area contributed by atoms with E-state index in [4.69, 9.17) is 20.5 Å². The van der Waals surface area contributed by atoms with Crippen LogP contribution < -0.4 is 5.73 Å². The number of hydrogen-bond acceptors (Lipinski definition) is 7. The van der Waals surface area contributed by atoms with Crippen molar-refractivity contribution < 1.29 is 29.2 Å². The van der Waals surface area contributed by atoms with Crippen LogP contribution in [0.2, 0.25) is 0 Å². The molecule has 0 aliphatic rings. The lowest BCUT2D eigenvalue weighted by Crippen LogP contribution is -2.34. The molecule has 9 nitrogen and oxygen atoms in total. The maximum absolute atomic E-state index is 12.4. The molecule has 1 atom stereocenters. The fourth-order valence-electron chi connectivity index (χ4n) is 2.52. The van der Waals surface area contributed by atoms with Crippen LogP contribution in [0.4, 0.5) is 0 Å². The van der Waals surface area contributed by atoms with Gasteiger partial charge in [0.2, 0.25) is 0 Å². The van der Waals surface area contributed by atoms with Gasteiger partial charge in [0.1, 0.15) is 6.04 Å². The third-order valence-corrected chi connectivity index (χ3v) is 4.28. The van der Waals surface area contributed by atoms with Crippen LogP contribution in [0.3, 0.4) is 0 Å². The van der Waals surface area contributed by atoms with Gasteiger partial charge in [0.25, 0.3) is 0 Å². The minimum absolute atomic E-state index is 0.149. The molecule has 0 aromatic heterocycles. The fourth-order valence-corrected chi connectivity index (χ4v) is 2.52. The molecule has 0 saturated carbocycles. The Morgan fingerprint density at radius 3 is 2.06 bits per heavy atom. The fraction of sp³-hybridized carbons (Fsp3) is 0.273. The second-order valence-electron chi connectivity index (χ2n) is 6.67. The average Bonchev–Trinajstić information content (AvgIpc) is 2.79. The van der Waals surface area contributed by atoms with Gasteiger partial charge >= 0.3 is 17.9 Å². The highest BCUT2D eigenvalue weighted by Crippen LogP contribution is 2.09. The summed E-state index contributed by atoms with van der Waals surface area (Å²) >= 11 is 0. The molecule has 2 aromatic carbocycles. The van der Waals surface area contributed by atoms with Crippen LogP contribution in [-0.2, 0) is 14.5 Å². The van der Waals surface area contributed by atoms with E-state index in [-0.39, 0.29) is 18.8 Å². The SMILES string of the molecule is CC(=NOC(=O)c1ccccc1)N(CCCC[C@H](N)C(=O)O)OC(=O)c1ccccc1. The van der Waals surface area contributed by atoms with Crippen LogP contribution >= 0.6 is 0 Å². The predicted molar refractivity (Wildman–Crippen MR) is 113 cm³/mol. The molecule has 2 aromatic rings. The summed E-state index contributed by atoms with van der Waals surface area (Å²) in [7, 11) is 0. The van der Waals surface area contributed by atoms with Crippen LogP contribution in [0.1, 0.15) is 46.9 Å². The molecule has 0 aliphatic carbocycles. The van der Waals surface area contributed by atoms with Crippen molar-refractivity contribution >= 4 is 23.7 Å². The maximum Gasteiger partial charge on any atom is 0.365 e. The molecular weight excluding hydrogens is 402 g/mol. The number of unbranched alkanes of at least 4 members (excludes halogenated alkanes) is 1. The number of carbonyl (C=O) groups is 3. The number of benzene rings is 2. The molecule has 0 bridgehead atoms. The molecule has 3 N–H and O–H groups in total. The Labute approximate surface area is 180 Å². The zero-order valence-corrected chi connectivity index (χ0v) is 17.1. The summed E-state index contributed by atoms with van der Waals surface area (Å²) in [5.41, 5.74) is 6.18. The largest absolute Gasteiger partial charge is 0.480 e. The second kappa shape index (κ2) is 12.1. The number of aliphatic carboxylic acids is 1. The Kier molecular flexibility index (Phi) is 9.18. The van der Waals surface area contributed by atoms with E-state index < -0.39 is 23.9 Å². The van der Waals surface area contributed by atoms with Gasteiger partial charge in [0, 0.05) is 6.92 Å². The van der Waals surface area contributed by atoms with Gasteiger partial charge in [-0.2, -0.15) is 5.06 Å². The normalized spacial score (nSPS) is 12.0. The van der Waals surface area contributed by atoms with Crippen molar-refractivity contribution in [2.45, 2.75) is 32.2 Å². The standard InChI is InChI=1S/C22H25N3O6/c1-16(24-30-21(28)17-10-4-2-5-11-17)25(15-9-8-14-19(23)20(26)27)31-22(29)18-12-6-3-7-13-18/h2-7,10-13,19H,8-9,14-15,23H2,1H3,(H,26,27)/t19-/m0/s1. The second-order valence-corrected chi connectivity index (χ2v) is 6.67. The first-order valence-electron chi connectivity index (χ1n) is 9.72. The van der Waals surface area contributed by atoms with Crippen LogP contribution in [0.15, 0.2) is 65.8 Å². The summed E-state index contributed by atoms with van der Waals surface area (Å²) < 4.78 is 0. The highest BCUT2D eigenvalue weighted by Gasteiger charge is 2.18.